The van der Waals surface area contributed by atoms with Crippen LogP contribution in [0.3, 0.4) is 0 Å². The highest BCUT2D eigenvalue weighted by Crippen LogP contribution is 2.31. The molecule has 1 N–H and O–H groups in total. The zero-order valence-electron chi connectivity index (χ0n) is 14.1. The van der Waals surface area contributed by atoms with E-state index in [1.807, 2.05) is 0 Å². The monoisotopic (exact) mass is 370 g/mol. The summed E-state index contributed by atoms with van der Waals surface area (Å²) in [5.41, 5.74) is 1.91. The van der Waals surface area contributed by atoms with Crippen LogP contribution in [-0.2, 0) is 4.79 Å². The minimum atomic E-state index is -0.492. The van der Waals surface area contributed by atoms with Crippen LogP contribution in [0, 0.1) is 10.1 Å². The third kappa shape index (κ3) is 3.43. The Morgan fingerprint density at radius 2 is 1.92 bits per heavy atom. The largest absolute Gasteiger partial charge is 0.382 e. The van der Waals surface area contributed by atoms with Gasteiger partial charge >= 0.3 is 0 Å². The van der Waals surface area contributed by atoms with Crippen LogP contribution in [0.2, 0.25) is 5.02 Å². The molecule has 0 radical (unpaired) electrons. The zero-order chi connectivity index (χ0) is 18.8. The summed E-state index contributed by atoms with van der Waals surface area (Å²) in [4.78, 5) is 29.4. The highest BCUT2D eigenvalue weighted by molar-refractivity contribution is 6.36. The Kier molecular flexibility index (Phi) is 4.73. The van der Waals surface area contributed by atoms with Gasteiger partial charge in [0, 0.05) is 48.6 Å². The molecule has 0 bridgehead atoms. The fourth-order valence-electron chi connectivity index (χ4n) is 2.56. The number of hydrogen-bond donors (Lipinski definition) is 1. The molecule has 0 saturated carbocycles. The van der Waals surface area contributed by atoms with E-state index in [0.29, 0.717) is 27.5 Å². The summed E-state index contributed by atoms with van der Waals surface area (Å²) in [7, 11) is 3.54. The van der Waals surface area contributed by atoms with E-state index in [2.05, 4.69) is 10.3 Å². The maximum atomic E-state index is 12.5. The third-order valence-electron chi connectivity index (χ3n) is 3.69. The fourth-order valence-corrected chi connectivity index (χ4v) is 2.78. The summed E-state index contributed by atoms with van der Waals surface area (Å²) in [6.07, 6.45) is 1.58. The van der Waals surface area contributed by atoms with E-state index in [4.69, 9.17) is 11.6 Å². The lowest BCUT2D eigenvalue weighted by molar-refractivity contribution is -0.384. The Labute approximate surface area is 154 Å². The Balaban J connectivity index is 2.31. The number of nitrogens with zero attached hydrogens (tertiary/aromatic N) is 3. The van der Waals surface area contributed by atoms with Crippen molar-refractivity contribution in [1.82, 2.24) is 4.90 Å². The second-order valence-corrected chi connectivity index (χ2v) is 6.27. The number of nitro benzene ring substituents is 1. The molecule has 0 atom stereocenters. The minimum absolute atomic E-state index is 0.0993. The number of carbonyl (C=O) groups excluding carboxylic acids is 1. The number of benzodiazepines with no additional fused rings is 1. The molecule has 0 aromatic heterocycles. The van der Waals surface area contributed by atoms with E-state index < -0.39 is 10.8 Å². The van der Waals surface area contributed by atoms with Crippen molar-refractivity contribution in [1.29, 1.82) is 0 Å². The Morgan fingerprint density at radius 3 is 2.58 bits per heavy atom. The maximum absolute atomic E-state index is 12.5. The predicted molar refractivity (Wildman–Crippen MR) is 101 cm³/mol. The number of amides is 1. The SMILES string of the molecule is CN(C)C=C1N=C(c2ccccc2Cl)c2cc([N+](=O)[O-])ccc2NC1=O. The fraction of sp³-hybridized carbons (Fsp3) is 0.111. The van der Waals surface area contributed by atoms with Crippen LogP contribution in [0.4, 0.5) is 11.4 Å². The smallest absolute Gasteiger partial charge is 0.275 e. The number of fused-ring (bicyclic) bond motifs is 1. The van der Waals surface area contributed by atoms with Crippen molar-refractivity contribution in [3.8, 4) is 0 Å². The summed E-state index contributed by atoms with van der Waals surface area (Å²) < 4.78 is 0. The molecule has 0 fully saturated rings. The third-order valence-corrected chi connectivity index (χ3v) is 4.02. The standard InChI is InChI=1S/C18H15ClN4O3/c1-22(2)10-16-18(24)21-15-8-7-11(23(25)26)9-13(15)17(20-16)12-5-3-4-6-14(12)19/h3-10H,1-2H3,(H,21,24). The molecule has 1 aliphatic rings. The van der Waals surface area contributed by atoms with E-state index in [-0.39, 0.29) is 11.4 Å². The number of nitrogens with one attached hydrogen (secondary N) is 1. The molecule has 1 heterocycles. The number of rotatable bonds is 3. The number of aliphatic imine (C=N–C) groups is 1. The lowest BCUT2D eigenvalue weighted by Crippen LogP contribution is -2.15. The van der Waals surface area contributed by atoms with Gasteiger partial charge in [-0.25, -0.2) is 4.99 Å². The molecular formula is C18H15ClN4O3. The molecule has 132 valence electrons. The first-order chi connectivity index (χ1) is 12.4. The van der Waals surface area contributed by atoms with Crippen molar-refractivity contribution in [3.63, 3.8) is 0 Å². The van der Waals surface area contributed by atoms with Crippen molar-refractivity contribution in [2.75, 3.05) is 19.4 Å². The number of carbonyl (C=O) groups is 1. The van der Waals surface area contributed by atoms with Gasteiger partial charge in [-0.3, -0.25) is 14.9 Å². The van der Waals surface area contributed by atoms with Gasteiger partial charge in [0.15, 0.2) is 0 Å². The summed E-state index contributed by atoms with van der Waals surface area (Å²) >= 11 is 6.32. The number of hydrogen-bond acceptors (Lipinski definition) is 5. The number of non-ortho nitro benzene ring substituents is 1. The van der Waals surface area contributed by atoms with Crippen molar-refractivity contribution in [3.05, 3.63) is 80.6 Å². The summed E-state index contributed by atoms with van der Waals surface area (Å²) in [5, 5.41) is 14.4. The van der Waals surface area contributed by atoms with Crippen LogP contribution in [0.5, 0.6) is 0 Å². The van der Waals surface area contributed by atoms with Gasteiger partial charge in [-0.1, -0.05) is 29.8 Å². The maximum Gasteiger partial charge on any atom is 0.275 e. The van der Waals surface area contributed by atoms with Crippen LogP contribution in [0.1, 0.15) is 11.1 Å². The average molecular weight is 371 g/mol. The van der Waals surface area contributed by atoms with Gasteiger partial charge in [0.1, 0.15) is 5.70 Å². The molecule has 3 rings (SSSR count). The van der Waals surface area contributed by atoms with Crippen molar-refractivity contribution in [2.24, 2.45) is 4.99 Å². The second-order valence-electron chi connectivity index (χ2n) is 5.86. The summed E-state index contributed by atoms with van der Waals surface area (Å²) in [5.74, 6) is -0.407. The van der Waals surface area contributed by atoms with Crippen molar-refractivity contribution >= 4 is 34.6 Å². The van der Waals surface area contributed by atoms with E-state index >= 15 is 0 Å². The lowest BCUT2D eigenvalue weighted by Gasteiger charge is -2.10. The van der Waals surface area contributed by atoms with Gasteiger partial charge in [0.25, 0.3) is 11.6 Å². The van der Waals surface area contributed by atoms with Crippen molar-refractivity contribution < 1.29 is 9.72 Å². The van der Waals surface area contributed by atoms with Gasteiger partial charge in [0.2, 0.25) is 0 Å². The van der Waals surface area contributed by atoms with Crippen LogP contribution in [-0.4, -0.2) is 35.5 Å². The van der Waals surface area contributed by atoms with Crippen LogP contribution in [0.25, 0.3) is 0 Å². The molecule has 2 aromatic rings. The summed E-state index contributed by atoms with van der Waals surface area (Å²) in [6.45, 7) is 0. The normalized spacial score (nSPS) is 15.0. The molecule has 26 heavy (non-hydrogen) atoms. The Morgan fingerprint density at radius 1 is 1.19 bits per heavy atom. The number of benzene rings is 2. The molecule has 0 spiro atoms. The van der Waals surface area contributed by atoms with Crippen LogP contribution in [0.15, 0.2) is 59.4 Å². The first-order valence-corrected chi connectivity index (χ1v) is 8.06. The molecule has 0 aliphatic carbocycles. The highest BCUT2D eigenvalue weighted by Gasteiger charge is 2.25. The molecular weight excluding hydrogens is 356 g/mol. The van der Waals surface area contributed by atoms with Crippen molar-refractivity contribution in [2.45, 2.75) is 0 Å². The predicted octanol–water partition coefficient (Wildman–Crippen LogP) is 3.44. The topological polar surface area (TPSA) is 87.8 Å². The molecule has 1 aliphatic heterocycles. The quantitative estimate of drug-likeness (QED) is 0.509. The van der Waals surface area contributed by atoms with E-state index in [1.165, 1.54) is 18.2 Å². The van der Waals surface area contributed by atoms with Gasteiger partial charge in [-0.15, -0.1) is 0 Å². The lowest BCUT2D eigenvalue weighted by atomic mass is 10.00. The van der Waals surface area contributed by atoms with E-state index in [0.717, 1.165) is 0 Å². The van der Waals surface area contributed by atoms with E-state index in [1.54, 1.807) is 49.5 Å². The first-order valence-electron chi connectivity index (χ1n) is 7.69. The molecule has 7 nitrogen and oxygen atoms in total. The first kappa shape index (κ1) is 17.6. The average Bonchev–Trinajstić information content (AvgIpc) is 2.71. The number of anilines is 1. The molecule has 2 aromatic carbocycles. The Bertz CT molecular complexity index is 967. The zero-order valence-corrected chi connectivity index (χ0v) is 14.8. The molecule has 1 amide bonds. The van der Waals surface area contributed by atoms with Crippen LogP contribution < -0.4 is 5.32 Å². The number of nitro groups is 1. The molecule has 0 unspecified atom stereocenters. The van der Waals surface area contributed by atoms with Gasteiger partial charge in [-0.05, 0) is 12.1 Å². The summed E-state index contributed by atoms with van der Waals surface area (Å²) in [6, 6.07) is 11.2. The van der Waals surface area contributed by atoms with Gasteiger partial charge in [-0.2, -0.15) is 0 Å². The number of halogens is 1. The minimum Gasteiger partial charge on any atom is -0.382 e. The van der Waals surface area contributed by atoms with Gasteiger partial charge in [0.05, 0.1) is 16.3 Å². The van der Waals surface area contributed by atoms with Crippen LogP contribution >= 0.6 is 11.6 Å². The van der Waals surface area contributed by atoms with Gasteiger partial charge < -0.3 is 10.2 Å². The molecule has 0 saturated heterocycles. The van der Waals surface area contributed by atoms with E-state index in [9.17, 15) is 14.9 Å². The Hall–Kier alpha value is -3.19. The molecule has 8 heteroatoms. The highest BCUT2D eigenvalue weighted by atomic mass is 35.5. The second kappa shape index (κ2) is 6.97.